The Hall–Kier alpha value is -6.90. The standard InChI is InChI=1S/C52H38N2/c1-35-19-25-41(26-20-35)53(43-29-23-37-11-3-5-13-39(37)31-43)51-33-49-46-16-8-10-18-48(46)52(34-50(49)45-15-7-9-17-47(45)51)54(42-27-21-36(2)22-28-42)44-30-24-38-12-4-6-14-40(38)32-44/h3-34H,1-2H3. The predicted molar refractivity (Wildman–Crippen MR) is 233 cm³/mol. The van der Waals surface area contributed by atoms with Crippen molar-refractivity contribution < 1.29 is 0 Å². The zero-order chi connectivity index (χ0) is 36.2. The van der Waals surface area contributed by atoms with E-state index in [1.807, 2.05) is 0 Å². The third kappa shape index (κ3) is 5.43. The summed E-state index contributed by atoms with van der Waals surface area (Å²) in [7, 11) is 0. The molecule has 10 rings (SSSR count). The lowest BCUT2D eigenvalue weighted by atomic mass is 9.93. The average molecular weight is 691 g/mol. The molecule has 10 aromatic rings. The second-order valence-electron chi connectivity index (χ2n) is 14.4. The fraction of sp³-hybridized carbons (Fsp3) is 0.0385. The Labute approximate surface area is 315 Å². The van der Waals surface area contributed by atoms with Crippen LogP contribution in [0.3, 0.4) is 0 Å². The minimum absolute atomic E-state index is 1.13. The van der Waals surface area contributed by atoms with E-state index in [1.54, 1.807) is 0 Å². The molecule has 54 heavy (non-hydrogen) atoms. The van der Waals surface area contributed by atoms with E-state index < -0.39 is 0 Å². The maximum Gasteiger partial charge on any atom is 0.0546 e. The molecule has 0 spiro atoms. The highest BCUT2D eigenvalue weighted by Crippen LogP contribution is 2.48. The lowest BCUT2D eigenvalue weighted by Gasteiger charge is -2.30. The Morgan fingerprint density at radius 3 is 1.00 bits per heavy atom. The van der Waals surface area contributed by atoms with Crippen LogP contribution in [0, 0.1) is 13.8 Å². The summed E-state index contributed by atoms with van der Waals surface area (Å²) in [6.07, 6.45) is 0. The van der Waals surface area contributed by atoms with Crippen LogP contribution < -0.4 is 9.80 Å². The minimum atomic E-state index is 1.13. The van der Waals surface area contributed by atoms with E-state index in [1.165, 1.54) is 65.0 Å². The first-order chi connectivity index (χ1) is 26.6. The SMILES string of the molecule is Cc1ccc(N(c2ccc3ccccc3c2)c2cc3c4ccccc4c(N(c4ccc(C)cc4)c4ccc5ccccc5c4)cc3c3ccccc23)cc1. The molecule has 0 unspecified atom stereocenters. The van der Waals surface area contributed by atoms with Crippen LogP contribution in [0.2, 0.25) is 0 Å². The van der Waals surface area contributed by atoms with Crippen molar-refractivity contribution in [3.05, 3.63) is 205 Å². The minimum Gasteiger partial charge on any atom is -0.310 e. The highest BCUT2D eigenvalue weighted by atomic mass is 15.2. The summed E-state index contributed by atoms with van der Waals surface area (Å²) in [6.45, 7) is 4.30. The molecule has 2 heteroatoms. The Morgan fingerprint density at radius 1 is 0.259 bits per heavy atom. The molecule has 0 aliphatic rings. The van der Waals surface area contributed by atoms with Crippen LogP contribution in [0.15, 0.2) is 194 Å². The first-order valence-corrected chi connectivity index (χ1v) is 18.7. The van der Waals surface area contributed by atoms with Crippen molar-refractivity contribution in [2.24, 2.45) is 0 Å². The molecule has 0 atom stereocenters. The molecule has 256 valence electrons. The van der Waals surface area contributed by atoms with Crippen LogP contribution in [0.4, 0.5) is 34.1 Å². The maximum atomic E-state index is 2.43. The van der Waals surface area contributed by atoms with Crippen molar-refractivity contribution in [1.29, 1.82) is 0 Å². The van der Waals surface area contributed by atoms with Gasteiger partial charge in [0.25, 0.3) is 0 Å². The monoisotopic (exact) mass is 690 g/mol. The Balaban J connectivity index is 1.28. The molecule has 0 radical (unpaired) electrons. The van der Waals surface area contributed by atoms with Gasteiger partial charge in [0.1, 0.15) is 0 Å². The first kappa shape index (κ1) is 31.8. The van der Waals surface area contributed by atoms with Gasteiger partial charge in [-0.1, -0.05) is 145 Å². The molecular weight excluding hydrogens is 653 g/mol. The van der Waals surface area contributed by atoms with Gasteiger partial charge in [-0.2, -0.15) is 0 Å². The second-order valence-corrected chi connectivity index (χ2v) is 14.4. The average Bonchev–Trinajstić information content (AvgIpc) is 3.22. The highest BCUT2D eigenvalue weighted by molar-refractivity contribution is 6.24. The third-order valence-electron chi connectivity index (χ3n) is 10.9. The van der Waals surface area contributed by atoms with E-state index in [0.29, 0.717) is 0 Å². The molecule has 0 aliphatic heterocycles. The van der Waals surface area contributed by atoms with Gasteiger partial charge in [-0.25, -0.2) is 0 Å². The second kappa shape index (κ2) is 12.9. The normalized spacial score (nSPS) is 11.5. The molecule has 10 aromatic carbocycles. The van der Waals surface area contributed by atoms with E-state index in [4.69, 9.17) is 0 Å². The predicted octanol–water partition coefficient (Wildman–Crippen LogP) is 15.0. The van der Waals surface area contributed by atoms with Gasteiger partial charge >= 0.3 is 0 Å². The topological polar surface area (TPSA) is 6.48 Å². The summed E-state index contributed by atoms with van der Waals surface area (Å²) in [5.74, 6) is 0. The van der Waals surface area contributed by atoms with Crippen LogP contribution in [-0.2, 0) is 0 Å². The van der Waals surface area contributed by atoms with E-state index in [-0.39, 0.29) is 0 Å². The Bertz CT molecular complexity index is 2810. The van der Waals surface area contributed by atoms with Crippen LogP contribution in [0.5, 0.6) is 0 Å². The number of hydrogen-bond acceptors (Lipinski definition) is 2. The van der Waals surface area contributed by atoms with Gasteiger partial charge in [0.2, 0.25) is 0 Å². The fourth-order valence-corrected chi connectivity index (χ4v) is 8.16. The summed E-state index contributed by atoms with van der Waals surface area (Å²) in [5, 5.41) is 12.2. The van der Waals surface area contributed by atoms with Gasteiger partial charge < -0.3 is 9.80 Å². The number of nitrogens with zero attached hydrogens (tertiary/aromatic N) is 2. The number of benzene rings is 10. The van der Waals surface area contributed by atoms with Crippen molar-refractivity contribution in [3.63, 3.8) is 0 Å². The van der Waals surface area contributed by atoms with Crippen molar-refractivity contribution in [1.82, 2.24) is 0 Å². The molecule has 0 aliphatic carbocycles. The molecule has 0 fully saturated rings. The van der Waals surface area contributed by atoms with Crippen LogP contribution in [0.1, 0.15) is 11.1 Å². The van der Waals surface area contributed by atoms with Crippen LogP contribution in [0.25, 0.3) is 53.9 Å². The Morgan fingerprint density at radius 2 is 0.593 bits per heavy atom. The fourth-order valence-electron chi connectivity index (χ4n) is 8.16. The number of aryl methyl sites for hydroxylation is 2. The summed E-state index contributed by atoms with van der Waals surface area (Å²) in [5.41, 5.74) is 9.30. The largest absolute Gasteiger partial charge is 0.310 e. The smallest absolute Gasteiger partial charge is 0.0546 e. The molecule has 0 saturated heterocycles. The van der Waals surface area contributed by atoms with E-state index in [9.17, 15) is 0 Å². The van der Waals surface area contributed by atoms with E-state index in [0.717, 1.165) is 34.1 Å². The quantitative estimate of drug-likeness (QED) is 0.160. The van der Waals surface area contributed by atoms with Crippen LogP contribution in [-0.4, -0.2) is 0 Å². The lowest BCUT2D eigenvalue weighted by Crippen LogP contribution is -2.12. The van der Waals surface area contributed by atoms with Gasteiger partial charge in [-0.15, -0.1) is 0 Å². The zero-order valence-corrected chi connectivity index (χ0v) is 30.4. The van der Waals surface area contributed by atoms with Crippen molar-refractivity contribution in [2.75, 3.05) is 9.80 Å². The summed E-state index contributed by atoms with van der Waals surface area (Å²) in [6, 6.07) is 71.3. The van der Waals surface area contributed by atoms with Gasteiger partial charge in [0.15, 0.2) is 0 Å². The van der Waals surface area contributed by atoms with Crippen molar-refractivity contribution in [2.45, 2.75) is 13.8 Å². The summed E-state index contributed by atoms with van der Waals surface area (Å²) >= 11 is 0. The number of rotatable bonds is 6. The molecule has 2 nitrogen and oxygen atoms in total. The zero-order valence-electron chi connectivity index (χ0n) is 30.4. The third-order valence-corrected chi connectivity index (χ3v) is 10.9. The lowest BCUT2D eigenvalue weighted by molar-refractivity contribution is 1.29. The summed E-state index contributed by atoms with van der Waals surface area (Å²) < 4.78 is 0. The molecule has 0 heterocycles. The number of anilines is 6. The summed E-state index contributed by atoms with van der Waals surface area (Å²) in [4.78, 5) is 4.87. The molecule has 0 N–H and O–H groups in total. The molecule has 0 bridgehead atoms. The van der Waals surface area contributed by atoms with Gasteiger partial charge in [0, 0.05) is 33.5 Å². The maximum absolute atomic E-state index is 2.43. The van der Waals surface area contributed by atoms with E-state index in [2.05, 4.69) is 218 Å². The Kier molecular flexibility index (Phi) is 7.63. The molecule has 0 amide bonds. The van der Waals surface area contributed by atoms with Gasteiger partial charge in [0.05, 0.1) is 11.4 Å². The highest BCUT2D eigenvalue weighted by Gasteiger charge is 2.22. The molecule has 0 aromatic heterocycles. The van der Waals surface area contributed by atoms with Crippen molar-refractivity contribution in [3.8, 4) is 0 Å². The van der Waals surface area contributed by atoms with Gasteiger partial charge in [-0.05, 0) is 118 Å². The first-order valence-electron chi connectivity index (χ1n) is 18.7. The van der Waals surface area contributed by atoms with Crippen LogP contribution >= 0.6 is 0 Å². The van der Waals surface area contributed by atoms with Crippen molar-refractivity contribution >= 4 is 88.0 Å². The number of fused-ring (bicyclic) bond motifs is 7. The van der Waals surface area contributed by atoms with Gasteiger partial charge in [-0.3, -0.25) is 0 Å². The van der Waals surface area contributed by atoms with E-state index >= 15 is 0 Å². The molecular formula is C52H38N2. The molecule has 0 saturated carbocycles. The number of hydrogen-bond donors (Lipinski definition) is 0.